The number of aryl methyl sites for hydroxylation is 2. The summed E-state index contributed by atoms with van der Waals surface area (Å²) in [6.07, 6.45) is 0. The maximum absolute atomic E-state index is 11.3. The number of hydrogen-bond acceptors (Lipinski definition) is 4. The summed E-state index contributed by atoms with van der Waals surface area (Å²) in [6.45, 7) is 7.12. The molecule has 0 bridgehead atoms. The first-order chi connectivity index (χ1) is 8.90. The van der Waals surface area contributed by atoms with Crippen LogP contribution in [0.5, 0.6) is 5.75 Å². The Labute approximate surface area is 115 Å². The van der Waals surface area contributed by atoms with E-state index >= 15 is 0 Å². The lowest BCUT2D eigenvalue weighted by atomic mass is 9.98. The van der Waals surface area contributed by atoms with Crippen LogP contribution in [-0.2, 0) is 16.1 Å². The van der Waals surface area contributed by atoms with Crippen LogP contribution in [-0.4, -0.2) is 38.7 Å². The lowest BCUT2D eigenvalue weighted by Crippen LogP contribution is -2.27. The fourth-order valence-corrected chi connectivity index (χ4v) is 2.19. The average molecular weight is 265 g/mol. The summed E-state index contributed by atoms with van der Waals surface area (Å²) < 4.78 is 10.2. The Hall–Kier alpha value is -1.55. The molecule has 0 aliphatic carbocycles. The maximum atomic E-state index is 11.3. The molecule has 0 amide bonds. The minimum absolute atomic E-state index is 0.233. The van der Waals surface area contributed by atoms with Gasteiger partial charge in [-0.2, -0.15) is 0 Å². The van der Waals surface area contributed by atoms with Crippen molar-refractivity contribution in [3.8, 4) is 5.75 Å². The Morgan fingerprint density at radius 3 is 2.37 bits per heavy atom. The topological polar surface area (TPSA) is 38.8 Å². The Morgan fingerprint density at radius 2 is 1.84 bits per heavy atom. The molecule has 0 atom stereocenters. The molecule has 0 spiro atoms. The van der Waals surface area contributed by atoms with E-state index in [0.29, 0.717) is 6.54 Å². The smallest absolute Gasteiger partial charge is 0.319 e. The average Bonchev–Trinajstić information content (AvgIpc) is 2.36. The van der Waals surface area contributed by atoms with Gasteiger partial charge in [0, 0.05) is 12.1 Å². The number of esters is 1. The summed E-state index contributed by atoms with van der Waals surface area (Å²) in [5.41, 5.74) is 4.66. The van der Waals surface area contributed by atoms with Crippen molar-refractivity contribution in [3.05, 3.63) is 28.3 Å². The minimum Gasteiger partial charge on any atom is -0.496 e. The number of ether oxygens (including phenoxy) is 2. The summed E-state index contributed by atoms with van der Waals surface area (Å²) in [7, 11) is 4.98. The predicted octanol–water partition coefficient (Wildman–Crippen LogP) is 2.23. The molecule has 0 aliphatic rings. The first-order valence-electron chi connectivity index (χ1n) is 6.29. The normalized spacial score (nSPS) is 10.7. The highest BCUT2D eigenvalue weighted by molar-refractivity contribution is 5.71. The zero-order valence-electron chi connectivity index (χ0n) is 12.7. The van der Waals surface area contributed by atoms with E-state index in [1.54, 1.807) is 7.11 Å². The molecule has 4 nitrogen and oxygen atoms in total. The molecule has 0 unspecified atom stereocenters. The van der Waals surface area contributed by atoms with Crippen molar-refractivity contribution in [2.24, 2.45) is 0 Å². The van der Waals surface area contributed by atoms with Crippen LogP contribution in [0.3, 0.4) is 0 Å². The first kappa shape index (κ1) is 15.5. The van der Waals surface area contributed by atoms with Gasteiger partial charge in [0.1, 0.15) is 5.75 Å². The molecule has 0 heterocycles. The third-order valence-corrected chi connectivity index (χ3v) is 3.37. The number of rotatable bonds is 5. The van der Waals surface area contributed by atoms with E-state index in [1.165, 1.54) is 18.2 Å². The van der Waals surface area contributed by atoms with E-state index < -0.39 is 0 Å². The Morgan fingerprint density at radius 1 is 1.21 bits per heavy atom. The van der Waals surface area contributed by atoms with E-state index in [-0.39, 0.29) is 12.5 Å². The van der Waals surface area contributed by atoms with Crippen molar-refractivity contribution in [1.82, 2.24) is 4.90 Å². The van der Waals surface area contributed by atoms with Crippen molar-refractivity contribution in [1.29, 1.82) is 0 Å². The number of hydrogen-bond donors (Lipinski definition) is 0. The third kappa shape index (κ3) is 3.70. The van der Waals surface area contributed by atoms with Crippen LogP contribution in [0, 0.1) is 20.8 Å². The van der Waals surface area contributed by atoms with Crippen LogP contribution in [0.1, 0.15) is 22.3 Å². The second kappa shape index (κ2) is 6.57. The van der Waals surface area contributed by atoms with Crippen molar-refractivity contribution in [3.63, 3.8) is 0 Å². The van der Waals surface area contributed by atoms with Crippen molar-refractivity contribution < 1.29 is 14.3 Å². The van der Waals surface area contributed by atoms with E-state index in [0.717, 1.165) is 16.9 Å². The SMILES string of the molecule is COC(=O)CN(C)Cc1c(C)cc(C)c(C)c1OC. The standard InChI is InChI=1S/C15H23NO3/c1-10-7-11(2)13(15(19-6)12(10)3)8-16(4)9-14(17)18-5/h7H,8-9H2,1-6H3. The molecule has 0 radical (unpaired) electrons. The zero-order chi connectivity index (χ0) is 14.6. The van der Waals surface area contributed by atoms with Gasteiger partial charge in [-0.25, -0.2) is 0 Å². The van der Waals surface area contributed by atoms with E-state index in [1.807, 2.05) is 11.9 Å². The number of carbonyl (C=O) groups is 1. The molecule has 0 saturated carbocycles. The van der Waals surface area contributed by atoms with Gasteiger partial charge in [-0.1, -0.05) is 6.07 Å². The maximum Gasteiger partial charge on any atom is 0.319 e. The van der Waals surface area contributed by atoms with Crippen LogP contribution in [0.2, 0.25) is 0 Å². The molecule has 0 aliphatic heterocycles. The summed E-state index contributed by atoms with van der Waals surface area (Å²) in [5.74, 6) is 0.678. The molecule has 19 heavy (non-hydrogen) atoms. The highest BCUT2D eigenvalue weighted by Crippen LogP contribution is 2.30. The molecule has 0 saturated heterocycles. The van der Waals surface area contributed by atoms with Gasteiger partial charge in [-0.05, 0) is 44.5 Å². The first-order valence-corrected chi connectivity index (χ1v) is 6.29. The molecule has 106 valence electrons. The number of methoxy groups -OCH3 is 2. The second-order valence-corrected chi connectivity index (χ2v) is 4.90. The van der Waals surface area contributed by atoms with Crippen molar-refractivity contribution in [2.45, 2.75) is 27.3 Å². The molecule has 1 rings (SSSR count). The number of benzene rings is 1. The zero-order valence-corrected chi connectivity index (χ0v) is 12.7. The van der Waals surface area contributed by atoms with Crippen LogP contribution < -0.4 is 4.74 Å². The number of likely N-dealkylation sites (N-methyl/N-ethyl adjacent to an activating group) is 1. The highest BCUT2D eigenvalue weighted by Gasteiger charge is 2.15. The lowest BCUT2D eigenvalue weighted by Gasteiger charge is -2.21. The molecule has 1 aromatic carbocycles. The van der Waals surface area contributed by atoms with Gasteiger partial charge >= 0.3 is 5.97 Å². The quantitative estimate of drug-likeness (QED) is 0.765. The van der Waals surface area contributed by atoms with Crippen LogP contribution >= 0.6 is 0 Å². The van der Waals surface area contributed by atoms with Gasteiger partial charge in [0.15, 0.2) is 0 Å². The summed E-state index contributed by atoms with van der Waals surface area (Å²) >= 11 is 0. The lowest BCUT2D eigenvalue weighted by molar-refractivity contribution is -0.141. The molecular weight excluding hydrogens is 242 g/mol. The Kier molecular flexibility index (Phi) is 5.36. The van der Waals surface area contributed by atoms with E-state index in [4.69, 9.17) is 4.74 Å². The monoisotopic (exact) mass is 265 g/mol. The highest BCUT2D eigenvalue weighted by atomic mass is 16.5. The van der Waals surface area contributed by atoms with E-state index in [9.17, 15) is 4.79 Å². The summed E-state index contributed by atoms with van der Waals surface area (Å²) in [4.78, 5) is 13.2. The van der Waals surface area contributed by atoms with Gasteiger partial charge in [-0.15, -0.1) is 0 Å². The third-order valence-electron chi connectivity index (χ3n) is 3.37. The molecule has 0 N–H and O–H groups in total. The van der Waals surface area contributed by atoms with Crippen molar-refractivity contribution in [2.75, 3.05) is 27.8 Å². The van der Waals surface area contributed by atoms with Gasteiger partial charge in [0.2, 0.25) is 0 Å². The molecule has 4 heteroatoms. The fourth-order valence-electron chi connectivity index (χ4n) is 2.19. The molecule has 1 aromatic rings. The summed E-state index contributed by atoms with van der Waals surface area (Å²) in [5, 5.41) is 0. The predicted molar refractivity (Wildman–Crippen MR) is 75.6 cm³/mol. The van der Waals surface area contributed by atoms with Gasteiger partial charge in [0.25, 0.3) is 0 Å². The second-order valence-electron chi connectivity index (χ2n) is 4.90. The molecule has 0 fully saturated rings. The Bertz CT molecular complexity index is 469. The van der Waals surface area contributed by atoms with Gasteiger partial charge in [-0.3, -0.25) is 9.69 Å². The summed E-state index contributed by atoms with van der Waals surface area (Å²) in [6, 6.07) is 2.15. The largest absolute Gasteiger partial charge is 0.496 e. The van der Waals surface area contributed by atoms with Crippen LogP contribution in [0.15, 0.2) is 6.07 Å². The van der Waals surface area contributed by atoms with Gasteiger partial charge < -0.3 is 9.47 Å². The Balaban J connectivity index is 3.00. The van der Waals surface area contributed by atoms with E-state index in [2.05, 4.69) is 31.6 Å². The minimum atomic E-state index is -0.233. The van der Waals surface area contributed by atoms with Gasteiger partial charge in [0.05, 0.1) is 20.8 Å². The van der Waals surface area contributed by atoms with Crippen LogP contribution in [0.25, 0.3) is 0 Å². The molecular formula is C15H23NO3. The molecule has 0 aromatic heterocycles. The number of nitrogens with zero attached hydrogens (tertiary/aromatic N) is 1. The van der Waals surface area contributed by atoms with Crippen molar-refractivity contribution >= 4 is 5.97 Å². The fraction of sp³-hybridized carbons (Fsp3) is 0.533. The van der Waals surface area contributed by atoms with Crippen LogP contribution in [0.4, 0.5) is 0 Å². The number of carbonyl (C=O) groups excluding carboxylic acids is 1.